The summed E-state index contributed by atoms with van der Waals surface area (Å²) in [5.41, 5.74) is 0. The first-order valence-electron chi connectivity index (χ1n) is 10.9. The van der Waals surface area contributed by atoms with Crippen LogP contribution in [0, 0.1) is 23.7 Å². The fraction of sp³-hybridized carbons (Fsp3) is 0.913. The third-order valence-electron chi connectivity index (χ3n) is 6.36. The number of halogens is 2. The molecule has 0 aliphatic heterocycles. The van der Waals surface area contributed by atoms with E-state index in [2.05, 4.69) is 26.5 Å². The van der Waals surface area contributed by atoms with Crippen LogP contribution in [0.3, 0.4) is 0 Å². The van der Waals surface area contributed by atoms with Crippen molar-refractivity contribution in [3.05, 3.63) is 12.7 Å². The summed E-state index contributed by atoms with van der Waals surface area (Å²) in [7, 11) is 0. The molecule has 0 aromatic heterocycles. The van der Waals surface area contributed by atoms with Crippen molar-refractivity contribution in [1.29, 1.82) is 0 Å². The first-order chi connectivity index (χ1) is 12.0. The third-order valence-corrected chi connectivity index (χ3v) is 6.36. The summed E-state index contributed by atoms with van der Waals surface area (Å²) >= 11 is 0. The van der Waals surface area contributed by atoms with Crippen LogP contribution in [-0.2, 0) is 0 Å². The van der Waals surface area contributed by atoms with Gasteiger partial charge < -0.3 is 0 Å². The van der Waals surface area contributed by atoms with Crippen molar-refractivity contribution < 1.29 is 8.78 Å². The van der Waals surface area contributed by atoms with Crippen LogP contribution < -0.4 is 0 Å². The highest BCUT2D eigenvalue weighted by Crippen LogP contribution is 2.37. The molecule has 1 aliphatic carbocycles. The van der Waals surface area contributed by atoms with Crippen molar-refractivity contribution in [3.8, 4) is 0 Å². The molecular formula is C23H42F2. The second-order valence-electron chi connectivity index (χ2n) is 8.50. The zero-order valence-corrected chi connectivity index (χ0v) is 17.0. The van der Waals surface area contributed by atoms with Gasteiger partial charge in [0.1, 0.15) is 12.3 Å². The normalized spacial score (nSPS) is 29.3. The Bertz CT molecular complexity index is 341. The molecule has 0 heterocycles. The van der Waals surface area contributed by atoms with Crippen LogP contribution >= 0.6 is 0 Å². The molecule has 6 atom stereocenters. The van der Waals surface area contributed by atoms with E-state index in [-0.39, 0.29) is 11.8 Å². The number of hydrogen-bond acceptors (Lipinski definition) is 0. The minimum absolute atomic E-state index is 0.0387. The van der Waals surface area contributed by atoms with E-state index in [0.29, 0.717) is 5.92 Å². The van der Waals surface area contributed by atoms with Crippen molar-refractivity contribution >= 4 is 0 Å². The van der Waals surface area contributed by atoms with Crippen LogP contribution in [0.1, 0.15) is 97.8 Å². The summed E-state index contributed by atoms with van der Waals surface area (Å²) in [6, 6.07) is 0. The lowest BCUT2D eigenvalue weighted by molar-refractivity contribution is 0.0248. The van der Waals surface area contributed by atoms with Crippen LogP contribution in [0.5, 0.6) is 0 Å². The highest BCUT2D eigenvalue weighted by atomic mass is 19.2. The Kier molecular flexibility index (Phi) is 11.7. The van der Waals surface area contributed by atoms with Crippen molar-refractivity contribution in [2.45, 2.75) is 110 Å². The summed E-state index contributed by atoms with van der Waals surface area (Å²) in [6.07, 6.45) is 13.3. The zero-order valence-electron chi connectivity index (χ0n) is 17.0. The van der Waals surface area contributed by atoms with Crippen molar-refractivity contribution in [2.75, 3.05) is 0 Å². The topological polar surface area (TPSA) is 0 Å². The van der Waals surface area contributed by atoms with Gasteiger partial charge in [0, 0.05) is 0 Å². The SMILES string of the molecule is C=CC(CCC)CCCC(CCC)CCCC1CCC(C)C(F)C1F. The van der Waals surface area contributed by atoms with Gasteiger partial charge in [0.15, 0.2) is 0 Å². The molecule has 0 amide bonds. The largest absolute Gasteiger partial charge is 0.244 e. The number of hydrogen-bond donors (Lipinski definition) is 0. The van der Waals surface area contributed by atoms with Crippen LogP contribution in [-0.4, -0.2) is 12.3 Å². The molecule has 0 radical (unpaired) electrons. The first kappa shape index (κ1) is 22.6. The molecule has 6 unspecified atom stereocenters. The van der Waals surface area contributed by atoms with Crippen LogP contribution in [0.2, 0.25) is 0 Å². The quantitative estimate of drug-likeness (QED) is 0.293. The van der Waals surface area contributed by atoms with Crippen LogP contribution in [0.4, 0.5) is 8.78 Å². The summed E-state index contributed by atoms with van der Waals surface area (Å²) in [4.78, 5) is 0. The Morgan fingerprint density at radius 1 is 0.920 bits per heavy atom. The molecule has 1 rings (SSSR count). The van der Waals surface area contributed by atoms with Crippen molar-refractivity contribution in [3.63, 3.8) is 0 Å². The van der Waals surface area contributed by atoms with Gasteiger partial charge in [-0.05, 0) is 55.8 Å². The lowest BCUT2D eigenvalue weighted by atomic mass is 9.77. The zero-order chi connectivity index (χ0) is 18.7. The Morgan fingerprint density at radius 2 is 1.60 bits per heavy atom. The van der Waals surface area contributed by atoms with E-state index in [1.54, 1.807) is 0 Å². The smallest absolute Gasteiger partial charge is 0.134 e. The summed E-state index contributed by atoms with van der Waals surface area (Å²) in [6.45, 7) is 10.3. The van der Waals surface area contributed by atoms with E-state index >= 15 is 0 Å². The molecule has 0 aromatic carbocycles. The predicted octanol–water partition coefficient (Wildman–Crippen LogP) is 8.07. The van der Waals surface area contributed by atoms with Gasteiger partial charge in [-0.25, -0.2) is 8.78 Å². The predicted molar refractivity (Wildman–Crippen MR) is 106 cm³/mol. The van der Waals surface area contributed by atoms with E-state index in [1.807, 2.05) is 6.92 Å². The summed E-state index contributed by atoms with van der Waals surface area (Å²) in [5, 5.41) is 0. The standard InChI is InChI=1S/C23H42F2/c1-5-10-19(7-3)12-8-13-20(11-6-2)14-9-15-21-17-16-18(4)22(24)23(21)25/h7,18-23H,3,5-6,8-17H2,1-2,4H3. The number of rotatable bonds is 13. The van der Waals surface area contributed by atoms with Crippen molar-refractivity contribution in [2.24, 2.45) is 23.7 Å². The molecule has 0 aromatic rings. The molecule has 1 fully saturated rings. The Labute approximate surface area is 155 Å². The Balaban J connectivity index is 2.29. The average molecular weight is 357 g/mol. The molecule has 2 heteroatoms. The van der Waals surface area contributed by atoms with E-state index in [1.165, 1.54) is 51.4 Å². The highest BCUT2D eigenvalue weighted by Gasteiger charge is 2.37. The van der Waals surface area contributed by atoms with Gasteiger partial charge in [0.05, 0.1) is 0 Å². The summed E-state index contributed by atoms with van der Waals surface area (Å²) < 4.78 is 28.1. The maximum atomic E-state index is 14.2. The molecule has 0 N–H and O–H groups in total. The molecule has 0 saturated heterocycles. The molecule has 0 nitrogen and oxygen atoms in total. The lowest BCUT2D eigenvalue weighted by Crippen LogP contribution is -2.36. The fourth-order valence-corrected chi connectivity index (χ4v) is 4.60. The van der Waals surface area contributed by atoms with Gasteiger partial charge in [0.2, 0.25) is 0 Å². The average Bonchev–Trinajstić information content (AvgIpc) is 2.60. The molecule has 1 saturated carbocycles. The first-order valence-corrected chi connectivity index (χ1v) is 10.9. The van der Waals surface area contributed by atoms with E-state index < -0.39 is 12.3 Å². The molecule has 0 bridgehead atoms. The molecule has 25 heavy (non-hydrogen) atoms. The van der Waals surface area contributed by atoms with Crippen molar-refractivity contribution in [1.82, 2.24) is 0 Å². The van der Waals surface area contributed by atoms with Gasteiger partial charge in [-0.3, -0.25) is 0 Å². The Hall–Kier alpha value is -0.400. The lowest BCUT2D eigenvalue weighted by Gasteiger charge is -2.33. The van der Waals surface area contributed by atoms with Gasteiger partial charge >= 0.3 is 0 Å². The maximum Gasteiger partial charge on any atom is 0.134 e. The van der Waals surface area contributed by atoms with Gasteiger partial charge in [-0.1, -0.05) is 71.8 Å². The second-order valence-corrected chi connectivity index (χ2v) is 8.50. The van der Waals surface area contributed by atoms with Crippen LogP contribution in [0.15, 0.2) is 12.7 Å². The maximum absolute atomic E-state index is 14.2. The van der Waals surface area contributed by atoms with Gasteiger partial charge in [-0.2, -0.15) is 0 Å². The number of alkyl halides is 2. The summed E-state index contributed by atoms with van der Waals surface area (Å²) in [5.74, 6) is 1.30. The molecule has 148 valence electrons. The highest BCUT2D eigenvalue weighted by molar-refractivity contribution is 4.86. The van der Waals surface area contributed by atoms with E-state index in [9.17, 15) is 8.78 Å². The Morgan fingerprint density at radius 3 is 2.24 bits per heavy atom. The van der Waals surface area contributed by atoms with Crippen LogP contribution in [0.25, 0.3) is 0 Å². The van der Waals surface area contributed by atoms with Gasteiger partial charge in [-0.15, -0.1) is 6.58 Å². The van der Waals surface area contributed by atoms with Gasteiger partial charge in [0.25, 0.3) is 0 Å². The molecule has 0 spiro atoms. The van der Waals surface area contributed by atoms with E-state index in [0.717, 1.165) is 31.6 Å². The van der Waals surface area contributed by atoms with E-state index in [4.69, 9.17) is 0 Å². The molecular weight excluding hydrogens is 314 g/mol. The second kappa shape index (κ2) is 12.9. The molecule has 1 aliphatic rings. The third kappa shape index (κ3) is 8.22. The number of allylic oxidation sites excluding steroid dienone is 1. The minimum Gasteiger partial charge on any atom is -0.244 e. The fourth-order valence-electron chi connectivity index (χ4n) is 4.60. The minimum atomic E-state index is -1.24. The monoisotopic (exact) mass is 356 g/mol.